The molecule has 1 aromatic rings. The van der Waals surface area contributed by atoms with E-state index in [0.717, 1.165) is 0 Å². The largest absolute Gasteiger partial charge is 0.0613 e. The van der Waals surface area contributed by atoms with Gasteiger partial charge in [0.1, 0.15) is 0 Å². The summed E-state index contributed by atoms with van der Waals surface area (Å²) < 4.78 is 0. The summed E-state index contributed by atoms with van der Waals surface area (Å²) in [6.07, 6.45) is 2.33. The van der Waals surface area contributed by atoms with Gasteiger partial charge in [-0.05, 0) is 80.5 Å². The van der Waals surface area contributed by atoms with E-state index in [1.165, 1.54) is 44.5 Å². The summed E-state index contributed by atoms with van der Waals surface area (Å²) in [5.74, 6) is 0. The average Bonchev–Trinajstić information content (AvgIpc) is 2.50. The molecule has 0 spiro atoms. The van der Waals surface area contributed by atoms with Crippen molar-refractivity contribution in [3.63, 3.8) is 0 Å². The Morgan fingerprint density at radius 2 is 1.19 bits per heavy atom. The van der Waals surface area contributed by atoms with Crippen LogP contribution in [0.1, 0.15) is 47.2 Å². The van der Waals surface area contributed by atoms with Crippen LogP contribution in [0.15, 0.2) is 5.57 Å². The minimum atomic E-state index is 0. The molecule has 1 aromatic carbocycles. The van der Waals surface area contributed by atoms with Gasteiger partial charge in [-0.15, -0.1) is 0 Å². The molecule has 0 nitrogen and oxygen atoms in total. The van der Waals surface area contributed by atoms with Crippen LogP contribution in [0.3, 0.4) is 0 Å². The zero-order chi connectivity index (χ0) is 11.3. The van der Waals surface area contributed by atoms with Gasteiger partial charge in [0.05, 0.1) is 0 Å². The first-order chi connectivity index (χ1) is 6.95. The SMILES string of the molecule is CC1=C(C)c2c(C)c(C)c(C)c(C)c2[CH]1.[Zr]. The van der Waals surface area contributed by atoms with Crippen molar-refractivity contribution in [2.24, 2.45) is 0 Å². The van der Waals surface area contributed by atoms with Crippen LogP contribution in [-0.4, -0.2) is 0 Å². The summed E-state index contributed by atoms with van der Waals surface area (Å²) >= 11 is 0. The van der Waals surface area contributed by atoms with Gasteiger partial charge in [-0.3, -0.25) is 0 Å². The molecule has 1 radical (unpaired) electrons. The normalized spacial score (nSPS) is 13.9. The molecule has 1 aliphatic carbocycles. The molecule has 0 amide bonds. The molecule has 1 heteroatoms. The van der Waals surface area contributed by atoms with Crippen LogP contribution in [0.2, 0.25) is 0 Å². The van der Waals surface area contributed by atoms with Crippen LogP contribution < -0.4 is 0 Å². The molecule has 0 unspecified atom stereocenters. The summed E-state index contributed by atoms with van der Waals surface area (Å²) in [4.78, 5) is 0. The van der Waals surface area contributed by atoms with E-state index in [0.29, 0.717) is 0 Å². The first-order valence-electron chi connectivity index (χ1n) is 5.58. The van der Waals surface area contributed by atoms with Gasteiger partial charge < -0.3 is 0 Å². The average molecular weight is 291 g/mol. The van der Waals surface area contributed by atoms with Crippen molar-refractivity contribution in [3.8, 4) is 0 Å². The molecular weight excluding hydrogens is 271 g/mol. The van der Waals surface area contributed by atoms with E-state index in [1.807, 2.05) is 0 Å². The Labute approximate surface area is 118 Å². The Morgan fingerprint density at radius 1 is 0.688 bits per heavy atom. The van der Waals surface area contributed by atoms with E-state index in [4.69, 9.17) is 0 Å². The zero-order valence-corrected chi connectivity index (χ0v) is 13.5. The van der Waals surface area contributed by atoms with E-state index in [1.54, 1.807) is 0 Å². The quantitative estimate of drug-likeness (QED) is 0.669. The first kappa shape index (κ1) is 13.9. The molecule has 0 N–H and O–H groups in total. The molecular formula is C15H19Zr. The summed E-state index contributed by atoms with van der Waals surface area (Å²) in [5, 5.41) is 0. The third kappa shape index (κ3) is 1.78. The Hall–Kier alpha value is -0.157. The van der Waals surface area contributed by atoms with Crippen molar-refractivity contribution in [2.75, 3.05) is 0 Å². The zero-order valence-electron chi connectivity index (χ0n) is 11.1. The van der Waals surface area contributed by atoms with Crippen LogP contribution in [0.4, 0.5) is 0 Å². The molecule has 0 saturated carbocycles. The van der Waals surface area contributed by atoms with Crippen LogP contribution in [0, 0.1) is 34.1 Å². The number of allylic oxidation sites excluding steroid dienone is 2. The van der Waals surface area contributed by atoms with E-state index in [9.17, 15) is 0 Å². The Morgan fingerprint density at radius 3 is 1.75 bits per heavy atom. The van der Waals surface area contributed by atoms with Crippen molar-refractivity contribution in [1.82, 2.24) is 0 Å². The number of rotatable bonds is 0. The number of benzene rings is 1. The molecule has 0 atom stereocenters. The predicted octanol–water partition coefficient (Wildman–Crippen LogP) is 4.28. The van der Waals surface area contributed by atoms with Gasteiger partial charge in [-0.2, -0.15) is 0 Å². The standard InChI is InChI=1S/C15H19.Zr/c1-8-7-14-12(5)10(3)11(4)13(6)15(14)9(8)2;/h7H,1-6H3;. The van der Waals surface area contributed by atoms with Crippen LogP contribution >= 0.6 is 0 Å². The van der Waals surface area contributed by atoms with Gasteiger partial charge in [-0.25, -0.2) is 0 Å². The van der Waals surface area contributed by atoms with Crippen molar-refractivity contribution >= 4 is 5.57 Å². The maximum Gasteiger partial charge on any atom is 0.0167 e. The molecule has 0 saturated heterocycles. The predicted molar refractivity (Wildman–Crippen MR) is 67.1 cm³/mol. The fourth-order valence-corrected chi connectivity index (χ4v) is 2.53. The second-order valence-electron chi connectivity index (χ2n) is 4.74. The fraction of sp³-hybridized carbons (Fsp3) is 0.400. The third-order valence-electron chi connectivity index (χ3n) is 4.06. The number of hydrogen-bond donors (Lipinski definition) is 0. The van der Waals surface area contributed by atoms with E-state index in [2.05, 4.69) is 48.0 Å². The summed E-state index contributed by atoms with van der Waals surface area (Å²) in [6.45, 7) is 13.4. The van der Waals surface area contributed by atoms with Crippen molar-refractivity contribution in [2.45, 2.75) is 41.5 Å². The molecule has 2 rings (SSSR count). The van der Waals surface area contributed by atoms with Gasteiger partial charge in [0.15, 0.2) is 0 Å². The molecule has 0 aromatic heterocycles. The minimum Gasteiger partial charge on any atom is -0.0613 e. The molecule has 0 fully saturated rings. The maximum atomic E-state index is 2.33. The third-order valence-corrected chi connectivity index (χ3v) is 4.06. The molecule has 0 bridgehead atoms. The van der Waals surface area contributed by atoms with Gasteiger partial charge in [0, 0.05) is 32.6 Å². The van der Waals surface area contributed by atoms with Crippen LogP contribution in [0.5, 0.6) is 0 Å². The number of fused-ring (bicyclic) bond motifs is 1. The van der Waals surface area contributed by atoms with Crippen LogP contribution in [-0.2, 0) is 26.2 Å². The first-order valence-corrected chi connectivity index (χ1v) is 5.58. The fourth-order valence-electron chi connectivity index (χ4n) is 2.53. The Balaban J connectivity index is 0.00000128. The Kier molecular flexibility index (Phi) is 4.01. The molecule has 16 heavy (non-hydrogen) atoms. The molecule has 83 valence electrons. The number of hydrogen-bond acceptors (Lipinski definition) is 0. The molecule has 1 aliphatic rings. The van der Waals surface area contributed by atoms with Crippen molar-refractivity contribution in [1.29, 1.82) is 0 Å². The van der Waals surface area contributed by atoms with Crippen molar-refractivity contribution in [3.05, 3.63) is 45.4 Å². The van der Waals surface area contributed by atoms with E-state index >= 15 is 0 Å². The minimum absolute atomic E-state index is 0. The van der Waals surface area contributed by atoms with Crippen LogP contribution in [0.25, 0.3) is 5.57 Å². The summed E-state index contributed by atoms with van der Waals surface area (Å²) in [6, 6.07) is 0. The Bertz CT molecular complexity index is 479. The van der Waals surface area contributed by atoms with Crippen molar-refractivity contribution < 1.29 is 26.2 Å². The molecule has 0 aliphatic heterocycles. The van der Waals surface area contributed by atoms with Gasteiger partial charge in [0.2, 0.25) is 0 Å². The smallest absolute Gasteiger partial charge is 0.0167 e. The second-order valence-corrected chi connectivity index (χ2v) is 4.74. The molecule has 0 heterocycles. The van der Waals surface area contributed by atoms with Gasteiger partial charge >= 0.3 is 0 Å². The van der Waals surface area contributed by atoms with Gasteiger partial charge in [-0.1, -0.05) is 5.57 Å². The topological polar surface area (TPSA) is 0 Å². The monoisotopic (exact) mass is 289 g/mol. The second kappa shape index (κ2) is 4.61. The van der Waals surface area contributed by atoms with E-state index in [-0.39, 0.29) is 26.2 Å². The summed E-state index contributed by atoms with van der Waals surface area (Å²) in [5.41, 5.74) is 11.6. The summed E-state index contributed by atoms with van der Waals surface area (Å²) in [7, 11) is 0. The maximum absolute atomic E-state index is 2.33. The van der Waals surface area contributed by atoms with E-state index < -0.39 is 0 Å². The van der Waals surface area contributed by atoms with Gasteiger partial charge in [0.25, 0.3) is 0 Å².